The molecular weight excluding hydrogens is 269 g/mol. The summed E-state index contributed by atoms with van der Waals surface area (Å²) in [5, 5.41) is 9.32. The zero-order valence-electron chi connectivity index (χ0n) is 9.36. The van der Waals surface area contributed by atoms with Gasteiger partial charge in [0.2, 0.25) is 0 Å². The lowest BCUT2D eigenvalue weighted by Crippen LogP contribution is -1.89. The van der Waals surface area contributed by atoms with Gasteiger partial charge in [-0.15, -0.1) is 11.8 Å². The molecule has 0 aromatic heterocycles. The Hall–Kier alpha value is -1.50. The van der Waals surface area contributed by atoms with Crippen LogP contribution in [0.15, 0.2) is 47.4 Å². The molecule has 0 aliphatic carbocycles. The first-order chi connectivity index (χ1) is 8.69. The van der Waals surface area contributed by atoms with Crippen molar-refractivity contribution in [1.29, 1.82) is 5.26 Å². The van der Waals surface area contributed by atoms with Gasteiger partial charge >= 0.3 is 0 Å². The SMILES string of the molecule is N#Cc1ccc(CSc2cccc(Cl)c2)c(F)c1. The average Bonchev–Trinajstić information content (AvgIpc) is 2.37. The summed E-state index contributed by atoms with van der Waals surface area (Å²) < 4.78 is 13.6. The van der Waals surface area contributed by atoms with Crippen molar-refractivity contribution in [3.8, 4) is 6.07 Å². The van der Waals surface area contributed by atoms with Gasteiger partial charge in [0.25, 0.3) is 0 Å². The Morgan fingerprint density at radius 2 is 2.06 bits per heavy atom. The molecule has 2 rings (SSSR count). The third kappa shape index (κ3) is 3.25. The summed E-state index contributed by atoms with van der Waals surface area (Å²) in [6.07, 6.45) is 0. The van der Waals surface area contributed by atoms with Crippen LogP contribution in [0.25, 0.3) is 0 Å². The van der Waals surface area contributed by atoms with Crippen molar-refractivity contribution in [2.75, 3.05) is 0 Å². The monoisotopic (exact) mass is 277 g/mol. The third-order valence-electron chi connectivity index (χ3n) is 2.37. The van der Waals surface area contributed by atoms with Gasteiger partial charge in [-0.3, -0.25) is 0 Å². The van der Waals surface area contributed by atoms with Gasteiger partial charge in [-0.2, -0.15) is 5.26 Å². The summed E-state index contributed by atoms with van der Waals surface area (Å²) >= 11 is 7.38. The fourth-order valence-electron chi connectivity index (χ4n) is 1.45. The highest BCUT2D eigenvalue weighted by Crippen LogP contribution is 2.26. The van der Waals surface area contributed by atoms with Crippen LogP contribution in [0.2, 0.25) is 5.02 Å². The summed E-state index contributed by atoms with van der Waals surface area (Å²) in [5.74, 6) is 0.168. The van der Waals surface area contributed by atoms with E-state index >= 15 is 0 Å². The highest BCUT2D eigenvalue weighted by molar-refractivity contribution is 7.98. The maximum atomic E-state index is 13.6. The van der Waals surface area contributed by atoms with Crippen molar-refractivity contribution in [2.45, 2.75) is 10.6 Å². The number of thioether (sulfide) groups is 1. The standard InChI is InChI=1S/C14H9ClFNS/c15-12-2-1-3-13(7-12)18-9-11-5-4-10(8-17)6-14(11)16/h1-7H,9H2. The second-order valence-corrected chi connectivity index (χ2v) is 5.15. The predicted molar refractivity (Wildman–Crippen MR) is 72.1 cm³/mol. The van der Waals surface area contributed by atoms with Crippen molar-refractivity contribution in [3.05, 3.63) is 64.4 Å². The van der Waals surface area contributed by atoms with Crippen LogP contribution in [0.4, 0.5) is 4.39 Å². The van der Waals surface area contributed by atoms with E-state index in [0.29, 0.717) is 21.9 Å². The van der Waals surface area contributed by atoms with E-state index in [-0.39, 0.29) is 5.82 Å². The number of rotatable bonds is 3. The minimum Gasteiger partial charge on any atom is -0.207 e. The third-order valence-corrected chi connectivity index (χ3v) is 3.65. The maximum absolute atomic E-state index is 13.6. The number of halogens is 2. The van der Waals surface area contributed by atoms with Crippen LogP contribution in [0, 0.1) is 17.1 Å². The first-order valence-corrected chi connectivity index (χ1v) is 6.62. The van der Waals surface area contributed by atoms with Crippen LogP contribution in [0.1, 0.15) is 11.1 Å². The lowest BCUT2D eigenvalue weighted by Gasteiger charge is -2.04. The van der Waals surface area contributed by atoms with E-state index in [2.05, 4.69) is 0 Å². The first-order valence-electron chi connectivity index (χ1n) is 5.26. The molecule has 0 aliphatic heterocycles. The van der Waals surface area contributed by atoms with Gasteiger partial charge in [0.15, 0.2) is 0 Å². The Morgan fingerprint density at radius 1 is 1.22 bits per heavy atom. The van der Waals surface area contributed by atoms with Crippen molar-refractivity contribution < 1.29 is 4.39 Å². The van der Waals surface area contributed by atoms with Crippen LogP contribution >= 0.6 is 23.4 Å². The highest BCUT2D eigenvalue weighted by Gasteiger charge is 2.04. The molecule has 0 bridgehead atoms. The van der Waals surface area contributed by atoms with Gasteiger partial charge < -0.3 is 0 Å². The molecule has 90 valence electrons. The predicted octanol–water partition coefficient (Wildman–Crippen LogP) is 4.64. The lowest BCUT2D eigenvalue weighted by atomic mass is 10.1. The molecule has 0 unspecified atom stereocenters. The van der Waals surface area contributed by atoms with Crippen LogP contribution in [-0.4, -0.2) is 0 Å². The molecule has 2 aromatic rings. The molecule has 0 saturated carbocycles. The topological polar surface area (TPSA) is 23.8 Å². The molecule has 0 fully saturated rings. The van der Waals surface area contributed by atoms with Crippen LogP contribution in [-0.2, 0) is 5.75 Å². The molecule has 0 saturated heterocycles. The van der Waals surface area contributed by atoms with Crippen molar-refractivity contribution in [2.24, 2.45) is 0 Å². The zero-order valence-corrected chi connectivity index (χ0v) is 10.9. The molecule has 0 heterocycles. The van der Waals surface area contributed by atoms with E-state index in [1.165, 1.54) is 17.8 Å². The van der Waals surface area contributed by atoms with Crippen LogP contribution in [0.3, 0.4) is 0 Å². The molecule has 0 radical (unpaired) electrons. The Morgan fingerprint density at radius 3 is 2.72 bits per heavy atom. The van der Waals surface area contributed by atoms with Crippen LogP contribution < -0.4 is 0 Å². The van der Waals surface area contributed by atoms with Gasteiger partial charge in [0.05, 0.1) is 11.6 Å². The Bertz CT molecular complexity index is 607. The van der Waals surface area contributed by atoms with E-state index in [9.17, 15) is 4.39 Å². The first kappa shape index (κ1) is 12.9. The molecule has 2 aromatic carbocycles. The zero-order chi connectivity index (χ0) is 13.0. The average molecular weight is 278 g/mol. The second-order valence-electron chi connectivity index (χ2n) is 3.66. The summed E-state index contributed by atoms with van der Waals surface area (Å²) in [6, 6.07) is 13.9. The number of hydrogen-bond acceptors (Lipinski definition) is 2. The lowest BCUT2D eigenvalue weighted by molar-refractivity contribution is 0.617. The minimum absolute atomic E-state index is 0.337. The maximum Gasteiger partial charge on any atom is 0.128 e. The van der Waals surface area contributed by atoms with Gasteiger partial charge in [-0.25, -0.2) is 4.39 Å². The second kappa shape index (κ2) is 5.90. The minimum atomic E-state index is -0.344. The van der Waals surface area contributed by atoms with E-state index in [1.54, 1.807) is 18.2 Å². The molecule has 18 heavy (non-hydrogen) atoms. The van der Waals surface area contributed by atoms with Gasteiger partial charge in [0.1, 0.15) is 5.82 Å². The molecule has 4 heteroatoms. The van der Waals surface area contributed by atoms with Gasteiger partial charge in [-0.05, 0) is 35.9 Å². The Kier molecular flexibility index (Phi) is 4.24. The molecular formula is C14H9ClFNS. The number of benzene rings is 2. The molecule has 0 amide bonds. The van der Waals surface area contributed by atoms with Gasteiger partial charge in [0, 0.05) is 15.7 Å². The summed E-state index contributed by atoms with van der Waals surface area (Å²) in [4.78, 5) is 0.992. The molecule has 0 spiro atoms. The largest absolute Gasteiger partial charge is 0.207 e. The smallest absolute Gasteiger partial charge is 0.128 e. The van der Waals surface area contributed by atoms with Crippen molar-refractivity contribution in [1.82, 2.24) is 0 Å². The fraction of sp³-hybridized carbons (Fsp3) is 0.0714. The normalized spacial score (nSPS) is 10.1. The van der Waals surface area contributed by atoms with E-state index < -0.39 is 0 Å². The van der Waals surface area contributed by atoms with Gasteiger partial charge in [-0.1, -0.05) is 23.7 Å². The quantitative estimate of drug-likeness (QED) is 0.763. The molecule has 0 atom stereocenters. The number of nitrogens with zero attached hydrogens (tertiary/aromatic N) is 1. The molecule has 0 aliphatic rings. The summed E-state index contributed by atoms with van der Waals surface area (Å²) in [5.41, 5.74) is 0.919. The van der Waals surface area contributed by atoms with E-state index in [1.807, 2.05) is 24.3 Å². The fourth-order valence-corrected chi connectivity index (χ4v) is 2.65. The summed E-state index contributed by atoms with van der Waals surface area (Å²) in [7, 11) is 0. The Balaban J connectivity index is 2.09. The van der Waals surface area contributed by atoms with Crippen LogP contribution in [0.5, 0.6) is 0 Å². The number of nitriles is 1. The Labute approximate surface area is 114 Å². The molecule has 1 nitrogen and oxygen atoms in total. The highest BCUT2D eigenvalue weighted by atomic mass is 35.5. The summed E-state index contributed by atoms with van der Waals surface area (Å²) in [6.45, 7) is 0. The molecule has 0 N–H and O–H groups in total. The number of hydrogen-bond donors (Lipinski definition) is 0. The van der Waals surface area contributed by atoms with E-state index in [4.69, 9.17) is 16.9 Å². The van der Waals surface area contributed by atoms with Crippen molar-refractivity contribution in [3.63, 3.8) is 0 Å². The van der Waals surface area contributed by atoms with Crippen molar-refractivity contribution >= 4 is 23.4 Å². The van der Waals surface area contributed by atoms with E-state index in [0.717, 1.165) is 4.90 Å².